The zero-order valence-corrected chi connectivity index (χ0v) is 14.4. The van der Waals surface area contributed by atoms with Crippen molar-refractivity contribution < 1.29 is 0 Å². The van der Waals surface area contributed by atoms with E-state index in [0.29, 0.717) is 0 Å². The van der Waals surface area contributed by atoms with E-state index in [9.17, 15) is 0 Å². The molecule has 0 saturated carbocycles. The van der Waals surface area contributed by atoms with Crippen LogP contribution in [-0.4, -0.2) is 0 Å². The van der Waals surface area contributed by atoms with E-state index in [0.717, 1.165) is 0 Å². The van der Waals surface area contributed by atoms with Crippen LogP contribution in [0.25, 0.3) is 0 Å². The molecule has 22 heavy (non-hydrogen) atoms. The summed E-state index contributed by atoms with van der Waals surface area (Å²) in [6.45, 7) is 0. The van der Waals surface area contributed by atoms with Crippen molar-refractivity contribution in [3.63, 3.8) is 0 Å². The fourth-order valence-electron chi connectivity index (χ4n) is 2.82. The van der Waals surface area contributed by atoms with E-state index in [4.69, 9.17) is 15.8 Å². The number of halogens is 1. The first kappa shape index (κ1) is 14.1. The van der Waals surface area contributed by atoms with Crippen LogP contribution in [0.3, 0.4) is 0 Å². The molecule has 0 bridgehead atoms. The molecule has 108 valence electrons. The Kier molecular flexibility index (Phi) is 3.20. The summed E-state index contributed by atoms with van der Waals surface area (Å²) in [7, 11) is -0.707. The van der Waals surface area contributed by atoms with Gasteiger partial charge in [0.25, 0.3) is 0 Å². The number of rotatable bonds is 3. The summed E-state index contributed by atoms with van der Waals surface area (Å²) in [4.78, 5) is 0. The Morgan fingerprint density at radius 3 is 1.50 bits per heavy atom. The summed E-state index contributed by atoms with van der Waals surface area (Å²) in [6.07, 6.45) is 0. The number of hydrogen-bond donors (Lipinski definition) is 0. The van der Waals surface area contributed by atoms with Crippen LogP contribution in [0.5, 0.6) is 0 Å². The third kappa shape index (κ3) is 1.90. The molecular weight excluding hydrogens is 328 g/mol. The topological polar surface area (TPSA) is 12.4 Å². The van der Waals surface area contributed by atoms with E-state index in [1.165, 1.54) is 15.9 Å². The van der Waals surface area contributed by atoms with Gasteiger partial charge >= 0.3 is 136 Å². The molecule has 0 radical (unpaired) electrons. The van der Waals surface area contributed by atoms with Gasteiger partial charge in [0.15, 0.2) is 0 Å². The molecule has 1 atom stereocenters. The van der Waals surface area contributed by atoms with Gasteiger partial charge in [-0.3, -0.25) is 0 Å². The molecule has 0 fully saturated rings. The van der Waals surface area contributed by atoms with Gasteiger partial charge in [0.1, 0.15) is 0 Å². The second kappa shape index (κ2) is 5.00. The molecule has 1 unspecified atom stereocenters. The van der Waals surface area contributed by atoms with Gasteiger partial charge in [-0.1, -0.05) is 0 Å². The standard InChI is InChI=1S/C18H15ClNP2/c19-22(17-12-6-2-7-13-17,18-14-8-3-9-15-18)20-21(22)16-10-4-1-5-11-16/h1-15H/q+1. The molecular formula is C18H15ClNP2+. The van der Waals surface area contributed by atoms with Crippen LogP contribution < -0.4 is 15.9 Å². The fourth-order valence-corrected chi connectivity index (χ4v) is 15.9. The SMILES string of the molecule is ClP1(c2ccccc2)(c2ccccc2)N=[P+]1c1ccccc1. The Labute approximate surface area is 136 Å². The minimum absolute atomic E-state index is 0.707. The first-order valence-electron chi connectivity index (χ1n) is 7.17. The van der Waals surface area contributed by atoms with Crippen molar-refractivity contribution in [3.05, 3.63) is 91.0 Å². The quantitative estimate of drug-likeness (QED) is 0.582. The van der Waals surface area contributed by atoms with Crippen molar-refractivity contribution in [1.29, 1.82) is 0 Å². The number of hydrogen-bond acceptors (Lipinski definition) is 1. The summed E-state index contributed by atoms with van der Waals surface area (Å²) in [5.74, 6) is -2.91. The van der Waals surface area contributed by atoms with Gasteiger partial charge in [-0.15, -0.1) is 0 Å². The predicted molar refractivity (Wildman–Crippen MR) is 100 cm³/mol. The van der Waals surface area contributed by atoms with Crippen molar-refractivity contribution in [2.75, 3.05) is 0 Å². The van der Waals surface area contributed by atoms with Gasteiger partial charge in [0, 0.05) is 0 Å². The summed E-state index contributed by atoms with van der Waals surface area (Å²) >= 11 is 7.45. The summed E-state index contributed by atoms with van der Waals surface area (Å²) in [5.41, 5.74) is 0. The molecule has 0 saturated heterocycles. The van der Waals surface area contributed by atoms with Crippen molar-refractivity contribution >= 4 is 40.4 Å². The van der Waals surface area contributed by atoms with Gasteiger partial charge in [0.2, 0.25) is 0 Å². The Bertz CT molecular complexity index is 809. The van der Waals surface area contributed by atoms with E-state index >= 15 is 0 Å². The third-order valence-electron chi connectivity index (χ3n) is 3.98. The predicted octanol–water partition coefficient (Wildman–Crippen LogP) is 5.18. The second-order valence-corrected chi connectivity index (χ2v) is 16.1. The van der Waals surface area contributed by atoms with E-state index in [1.807, 2.05) is 18.2 Å². The maximum absolute atomic E-state index is 7.45. The first-order chi connectivity index (χ1) is 10.7. The van der Waals surface area contributed by atoms with E-state index < -0.39 is 13.2 Å². The summed E-state index contributed by atoms with van der Waals surface area (Å²) in [5, 5.41) is 3.62. The number of benzene rings is 3. The molecule has 4 rings (SSSR count). The van der Waals surface area contributed by atoms with Crippen molar-refractivity contribution in [1.82, 2.24) is 0 Å². The van der Waals surface area contributed by atoms with Crippen molar-refractivity contribution in [3.8, 4) is 0 Å². The summed E-state index contributed by atoms with van der Waals surface area (Å²) < 4.78 is 5.09. The maximum atomic E-state index is 7.45. The molecule has 3 aromatic carbocycles. The van der Waals surface area contributed by atoms with Gasteiger partial charge < -0.3 is 0 Å². The average Bonchev–Trinajstić information content (AvgIpc) is 3.28. The molecule has 3 aromatic rings. The zero-order chi connectivity index (χ0) is 15.1. The van der Waals surface area contributed by atoms with Crippen molar-refractivity contribution in [2.24, 2.45) is 4.52 Å². The Balaban J connectivity index is 1.94. The Hall–Kier alpha value is -1.52. The van der Waals surface area contributed by atoms with Crippen LogP contribution in [0.1, 0.15) is 0 Å². The molecule has 0 aliphatic carbocycles. The van der Waals surface area contributed by atoms with Crippen LogP contribution in [-0.2, 0) is 0 Å². The molecule has 0 aromatic heterocycles. The van der Waals surface area contributed by atoms with Crippen molar-refractivity contribution in [2.45, 2.75) is 0 Å². The summed E-state index contributed by atoms with van der Waals surface area (Å²) in [6, 6.07) is 31.3. The molecule has 0 spiro atoms. The van der Waals surface area contributed by atoms with E-state index in [-0.39, 0.29) is 0 Å². The van der Waals surface area contributed by atoms with Gasteiger partial charge in [0.05, 0.1) is 0 Å². The van der Waals surface area contributed by atoms with Crippen LogP contribution in [0, 0.1) is 0 Å². The van der Waals surface area contributed by atoms with E-state index in [1.54, 1.807) is 0 Å². The van der Waals surface area contributed by atoms with Crippen LogP contribution in [0.4, 0.5) is 0 Å². The number of nitrogens with zero attached hydrogens (tertiary/aromatic N) is 1. The third-order valence-corrected chi connectivity index (χ3v) is 16.8. The molecule has 1 nitrogen and oxygen atoms in total. The average molecular weight is 343 g/mol. The first-order valence-corrected chi connectivity index (χ1v) is 12.3. The molecule has 1 aliphatic rings. The monoisotopic (exact) mass is 342 g/mol. The van der Waals surface area contributed by atoms with Gasteiger partial charge in [-0.05, 0) is 0 Å². The second-order valence-electron chi connectivity index (χ2n) is 5.31. The van der Waals surface area contributed by atoms with Gasteiger partial charge in [-0.2, -0.15) is 0 Å². The zero-order valence-electron chi connectivity index (χ0n) is 11.9. The molecule has 4 heteroatoms. The molecule has 0 amide bonds. The van der Waals surface area contributed by atoms with Crippen LogP contribution >= 0.6 is 24.4 Å². The molecule has 1 aliphatic heterocycles. The molecule has 1 heterocycles. The molecule has 0 N–H and O–H groups in total. The van der Waals surface area contributed by atoms with E-state index in [2.05, 4.69) is 72.8 Å². The fraction of sp³-hybridized carbons (Fsp3) is 0. The van der Waals surface area contributed by atoms with Gasteiger partial charge in [-0.25, -0.2) is 0 Å². The Morgan fingerprint density at radius 1 is 0.636 bits per heavy atom. The minimum atomic E-state index is -2.91. The van der Waals surface area contributed by atoms with Crippen LogP contribution in [0.15, 0.2) is 95.5 Å². The Morgan fingerprint density at radius 2 is 1.05 bits per heavy atom. The normalized spacial score (nSPS) is 21.1. The van der Waals surface area contributed by atoms with Crippen LogP contribution in [0.2, 0.25) is 0 Å².